The quantitative estimate of drug-likeness (QED) is 0.374. The van der Waals surface area contributed by atoms with E-state index < -0.39 is 0 Å². The lowest BCUT2D eigenvalue weighted by molar-refractivity contribution is 0.177. The first-order chi connectivity index (χ1) is 12.3. The minimum Gasteiger partial charge on any atom is -0.377 e. The molecule has 0 bridgehead atoms. The Morgan fingerprint density at radius 2 is 2.31 bits per heavy atom. The maximum Gasteiger partial charge on any atom is 0.191 e. The fraction of sp³-hybridized carbons (Fsp3) is 0.529. The minimum absolute atomic E-state index is 0. The molecule has 26 heavy (non-hydrogen) atoms. The highest BCUT2D eigenvalue weighted by molar-refractivity contribution is 14.0. The number of nitrogens with one attached hydrogen (secondary N) is 2. The van der Waals surface area contributed by atoms with Crippen molar-refractivity contribution < 1.29 is 4.74 Å². The molecule has 0 saturated heterocycles. The third-order valence-electron chi connectivity index (χ3n) is 4.14. The van der Waals surface area contributed by atoms with Crippen LogP contribution in [0.5, 0.6) is 0 Å². The van der Waals surface area contributed by atoms with Gasteiger partial charge in [0.25, 0.3) is 0 Å². The van der Waals surface area contributed by atoms with Crippen LogP contribution >= 0.6 is 24.0 Å². The molecule has 1 aliphatic heterocycles. The molecule has 0 aliphatic carbocycles. The Kier molecular flexibility index (Phi) is 8.23. The SMILES string of the molecule is CN=C(NCCc1ccccn1)NC1CCc2nc(COC)nn2C1.I. The van der Waals surface area contributed by atoms with E-state index in [1.807, 2.05) is 29.1 Å². The number of halogens is 1. The Balaban J connectivity index is 0.00000243. The van der Waals surface area contributed by atoms with E-state index in [9.17, 15) is 0 Å². The van der Waals surface area contributed by atoms with Crippen LogP contribution in [0.25, 0.3) is 0 Å². The van der Waals surface area contributed by atoms with Gasteiger partial charge in [0, 0.05) is 51.5 Å². The van der Waals surface area contributed by atoms with Gasteiger partial charge in [0.05, 0.1) is 6.54 Å². The van der Waals surface area contributed by atoms with Crippen LogP contribution in [-0.4, -0.2) is 52.5 Å². The second kappa shape index (κ2) is 10.4. The largest absolute Gasteiger partial charge is 0.377 e. The predicted molar refractivity (Wildman–Crippen MR) is 111 cm³/mol. The van der Waals surface area contributed by atoms with E-state index >= 15 is 0 Å². The van der Waals surface area contributed by atoms with Gasteiger partial charge in [-0.05, 0) is 18.6 Å². The molecular weight excluding hydrogens is 445 g/mol. The lowest BCUT2D eigenvalue weighted by Gasteiger charge is -2.25. The number of methoxy groups -OCH3 is 1. The number of ether oxygens (including phenoxy) is 1. The predicted octanol–water partition coefficient (Wildman–Crippen LogP) is 1.16. The van der Waals surface area contributed by atoms with E-state index in [-0.39, 0.29) is 30.0 Å². The zero-order valence-corrected chi connectivity index (χ0v) is 17.5. The molecule has 3 rings (SSSR count). The van der Waals surface area contributed by atoms with Crippen molar-refractivity contribution in [3.05, 3.63) is 41.7 Å². The minimum atomic E-state index is 0. The molecule has 1 aliphatic rings. The van der Waals surface area contributed by atoms with Crippen molar-refractivity contribution in [1.29, 1.82) is 0 Å². The second-order valence-corrected chi connectivity index (χ2v) is 6.01. The van der Waals surface area contributed by atoms with E-state index in [2.05, 4.69) is 30.7 Å². The Labute approximate surface area is 170 Å². The molecule has 8 nitrogen and oxygen atoms in total. The number of hydrogen-bond acceptors (Lipinski definition) is 5. The average Bonchev–Trinajstić information content (AvgIpc) is 3.03. The van der Waals surface area contributed by atoms with Gasteiger partial charge in [-0.3, -0.25) is 9.98 Å². The van der Waals surface area contributed by atoms with Crippen molar-refractivity contribution >= 4 is 29.9 Å². The van der Waals surface area contributed by atoms with Gasteiger partial charge in [-0.2, -0.15) is 5.10 Å². The summed E-state index contributed by atoms with van der Waals surface area (Å²) in [6.07, 6.45) is 4.59. The Bertz CT molecular complexity index is 704. The van der Waals surface area contributed by atoms with Gasteiger partial charge in [0.15, 0.2) is 11.8 Å². The summed E-state index contributed by atoms with van der Waals surface area (Å²) in [6, 6.07) is 6.25. The van der Waals surface area contributed by atoms with Crippen LogP contribution in [0.2, 0.25) is 0 Å². The lowest BCUT2D eigenvalue weighted by atomic mass is 10.1. The molecule has 0 saturated carbocycles. The van der Waals surface area contributed by atoms with Gasteiger partial charge in [-0.25, -0.2) is 9.67 Å². The zero-order chi connectivity index (χ0) is 17.5. The first kappa shape index (κ1) is 20.6. The van der Waals surface area contributed by atoms with Gasteiger partial charge in [0.2, 0.25) is 0 Å². The second-order valence-electron chi connectivity index (χ2n) is 6.01. The van der Waals surface area contributed by atoms with Crippen molar-refractivity contribution in [2.75, 3.05) is 20.7 Å². The molecule has 1 unspecified atom stereocenters. The summed E-state index contributed by atoms with van der Waals surface area (Å²) < 4.78 is 7.08. The molecule has 9 heteroatoms. The summed E-state index contributed by atoms with van der Waals surface area (Å²) in [5.41, 5.74) is 1.07. The van der Waals surface area contributed by atoms with E-state index in [0.717, 1.165) is 55.7 Å². The van der Waals surface area contributed by atoms with Gasteiger partial charge < -0.3 is 15.4 Å². The van der Waals surface area contributed by atoms with Gasteiger partial charge in [0.1, 0.15) is 12.4 Å². The molecule has 0 amide bonds. The van der Waals surface area contributed by atoms with Crippen LogP contribution in [0.1, 0.15) is 23.8 Å². The molecule has 0 radical (unpaired) electrons. The number of nitrogens with zero attached hydrogens (tertiary/aromatic N) is 5. The van der Waals surface area contributed by atoms with Crippen molar-refractivity contribution in [1.82, 2.24) is 30.4 Å². The number of pyridine rings is 1. The number of fused-ring (bicyclic) bond motifs is 1. The highest BCUT2D eigenvalue weighted by Crippen LogP contribution is 2.13. The summed E-state index contributed by atoms with van der Waals surface area (Å²) >= 11 is 0. The molecule has 142 valence electrons. The van der Waals surface area contributed by atoms with Crippen LogP contribution < -0.4 is 10.6 Å². The fourth-order valence-corrected chi connectivity index (χ4v) is 2.91. The van der Waals surface area contributed by atoms with Crippen LogP contribution in [0.3, 0.4) is 0 Å². The maximum atomic E-state index is 5.11. The monoisotopic (exact) mass is 471 g/mol. The van der Waals surface area contributed by atoms with E-state index in [1.54, 1.807) is 14.2 Å². The molecule has 2 N–H and O–H groups in total. The van der Waals surface area contributed by atoms with Gasteiger partial charge in [-0.15, -0.1) is 24.0 Å². The first-order valence-corrected chi connectivity index (χ1v) is 8.57. The van der Waals surface area contributed by atoms with E-state index in [0.29, 0.717) is 6.61 Å². The smallest absolute Gasteiger partial charge is 0.191 e. The molecule has 2 aromatic rings. The Morgan fingerprint density at radius 1 is 1.42 bits per heavy atom. The zero-order valence-electron chi connectivity index (χ0n) is 15.2. The highest BCUT2D eigenvalue weighted by atomic mass is 127. The van der Waals surface area contributed by atoms with E-state index in [1.165, 1.54) is 0 Å². The first-order valence-electron chi connectivity index (χ1n) is 8.57. The molecule has 0 fully saturated rings. The molecule has 2 aromatic heterocycles. The number of aliphatic imine (C=N–C) groups is 1. The normalized spacial score (nSPS) is 16.5. The van der Waals surface area contributed by atoms with Gasteiger partial charge in [-0.1, -0.05) is 6.07 Å². The lowest BCUT2D eigenvalue weighted by Crippen LogP contribution is -2.47. The average molecular weight is 471 g/mol. The van der Waals surface area contributed by atoms with Crippen molar-refractivity contribution in [3.63, 3.8) is 0 Å². The Morgan fingerprint density at radius 3 is 3.04 bits per heavy atom. The van der Waals surface area contributed by atoms with Crippen molar-refractivity contribution in [3.8, 4) is 0 Å². The number of hydrogen-bond donors (Lipinski definition) is 2. The topological polar surface area (TPSA) is 89.2 Å². The third-order valence-corrected chi connectivity index (χ3v) is 4.14. The maximum absolute atomic E-state index is 5.11. The van der Waals surface area contributed by atoms with Crippen molar-refractivity contribution in [2.45, 2.75) is 38.5 Å². The molecule has 0 spiro atoms. The number of aryl methyl sites for hydroxylation is 1. The fourth-order valence-electron chi connectivity index (χ4n) is 2.91. The van der Waals surface area contributed by atoms with Crippen LogP contribution in [0.4, 0.5) is 0 Å². The van der Waals surface area contributed by atoms with Crippen LogP contribution in [0, 0.1) is 0 Å². The number of guanidine groups is 1. The highest BCUT2D eigenvalue weighted by Gasteiger charge is 2.22. The summed E-state index contributed by atoms with van der Waals surface area (Å²) in [6.45, 7) is 2.03. The number of rotatable bonds is 6. The molecule has 1 atom stereocenters. The summed E-state index contributed by atoms with van der Waals surface area (Å²) in [5, 5.41) is 11.3. The van der Waals surface area contributed by atoms with Crippen LogP contribution in [0.15, 0.2) is 29.4 Å². The standard InChI is InChI=1S/C17H25N7O.HI/c1-18-17(20-10-8-13-5-3-4-9-19-13)21-14-6-7-16-22-15(12-25-2)23-24(16)11-14;/h3-5,9,14H,6-8,10-12H2,1-2H3,(H2,18,20,21);1H. The summed E-state index contributed by atoms with van der Waals surface area (Å²) in [5.74, 6) is 2.58. The summed E-state index contributed by atoms with van der Waals surface area (Å²) in [4.78, 5) is 13.1. The summed E-state index contributed by atoms with van der Waals surface area (Å²) in [7, 11) is 3.45. The molecular formula is C17H26IN7O. The van der Waals surface area contributed by atoms with Gasteiger partial charge >= 0.3 is 0 Å². The Hall–Kier alpha value is -1.75. The third kappa shape index (κ3) is 5.63. The van der Waals surface area contributed by atoms with Crippen LogP contribution in [-0.2, 0) is 30.7 Å². The molecule has 0 aromatic carbocycles. The van der Waals surface area contributed by atoms with Crippen molar-refractivity contribution in [2.24, 2.45) is 4.99 Å². The van der Waals surface area contributed by atoms with E-state index in [4.69, 9.17) is 4.74 Å². The molecule has 3 heterocycles. The number of aromatic nitrogens is 4.